The molecule has 0 aliphatic rings. The minimum Gasteiger partial charge on any atom is -0.430 e. The maximum Gasteiger partial charge on any atom is 0.373 e. The molecule has 0 heterocycles. The van der Waals surface area contributed by atoms with Crippen LogP contribution in [0.5, 0.6) is 0 Å². The maximum atomic E-state index is 11.9. The van der Waals surface area contributed by atoms with E-state index in [0.717, 1.165) is 12.1 Å². The van der Waals surface area contributed by atoms with E-state index in [0.29, 0.717) is 5.69 Å². The van der Waals surface area contributed by atoms with E-state index >= 15 is 0 Å². The van der Waals surface area contributed by atoms with Crippen LogP contribution in [0.4, 0.5) is 18.9 Å². The molecule has 0 bridgehead atoms. The first-order chi connectivity index (χ1) is 5.54. The third-order valence-electron chi connectivity index (χ3n) is 1.19. The molecule has 0 spiro atoms. The Kier molecular flexibility index (Phi) is 8.76. The third-order valence-corrected chi connectivity index (χ3v) is 1.19. The summed E-state index contributed by atoms with van der Waals surface area (Å²) in [5.74, 6) is 4.94. The molecule has 0 aliphatic heterocycles. The Morgan fingerprint density at radius 3 is 1.86 bits per heavy atom. The van der Waals surface area contributed by atoms with Gasteiger partial charge in [0.05, 0.1) is 0 Å². The minimum atomic E-state index is -4.40. The number of hydrogen-bond acceptors (Lipinski definition) is 2. The average molecular weight is 648 g/mol. The summed E-state index contributed by atoms with van der Waals surface area (Å²) < 4.78 is 35.7. The summed E-state index contributed by atoms with van der Waals surface area (Å²) in [6.07, 6.45) is -4.40. The molecule has 0 saturated heterocycles. The van der Waals surface area contributed by atoms with E-state index in [9.17, 15) is 13.2 Å². The van der Waals surface area contributed by atoms with Gasteiger partial charge in [0, 0.05) is 59.9 Å². The topological polar surface area (TPSA) is 38.0 Å². The number of nitrogen functional groups attached to an aromatic ring is 1. The van der Waals surface area contributed by atoms with Gasteiger partial charge in [0.1, 0.15) is 0 Å². The van der Waals surface area contributed by atoms with E-state index in [-0.39, 0.29) is 59.9 Å². The number of alkyl halides is 3. The zero-order valence-corrected chi connectivity index (χ0v) is 14.2. The number of nitrogens with two attached hydrogens (primary N) is 1. The Labute approximate surface area is 125 Å². The van der Waals surface area contributed by atoms with Gasteiger partial charge in [-0.05, 0) is 0 Å². The Balaban J connectivity index is 0. The second-order valence-electron chi connectivity index (χ2n) is 2.05. The molecule has 0 aliphatic carbocycles. The van der Waals surface area contributed by atoms with Crippen LogP contribution in [0.15, 0.2) is 12.1 Å². The Morgan fingerprint density at radius 2 is 1.57 bits per heavy atom. The van der Waals surface area contributed by atoms with E-state index in [1.165, 1.54) is 0 Å². The van der Waals surface area contributed by atoms with Crippen molar-refractivity contribution in [1.29, 1.82) is 0 Å². The second kappa shape index (κ2) is 7.13. The first-order valence-corrected chi connectivity index (χ1v) is 3.01. The fourth-order valence-corrected chi connectivity index (χ4v) is 0.630. The predicted molar refractivity (Wildman–Crippen MR) is 36.9 cm³/mol. The van der Waals surface area contributed by atoms with Crippen LogP contribution in [0.1, 0.15) is 5.56 Å². The van der Waals surface area contributed by atoms with Crippen LogP contribution in [0.25, 0.3) is 0 Å². The van der Waals surface area contributed by atoms with Crippen molar-refractivity contribution in [3.63, 3.8) is 0 Å². The molecule has 0 aromatic heterocycles. The molecule has 0 atom stereocenters. The molecule has 1 aromatic carbocycles. The van der Waals surface area contributed by atoms with Crippen LogP contribution in [-0.2, 0) is 6.18 Å². The first-order valence-electron chi connectivity index (χ1n) is 3.01. The predicted octanol–water partition coefficient (Wildman–Crippen LogP) is 1.59. The van der Waals surface area contributed by atoms with Crippen LogP contribution >= 0.6 is 0 Å². The van der Waals surface area contributed by atoms with Crippen molar-refractivity contribution in [3.8, 4) is 0 Å². The first kappa shape index (κ1) is 17.2. The summed E-state index contributed by atoms with van der Waals surface area (Å²) >= 11 is 0. The molecule has 0 unspecified atom stereocenters. The largest absolute Gasteiger partial charge is 0.430 e. The number of hydrazine groups is 1. The molecule has 3 N–H and O–H groups in total. The van der Waals surface area contributed by atoms with Gasteiger partial charge in [-0.3, -0.25) is 18.0 Å². The van der Waals surface area contributed by atoms with Crippen LogP contribution < -0.4 is 11.3 Å². The number of benzene rings is 1. The minimum absolute atomic E-state index is 0. The van der Waals surface area contributed by atoms with Crippen molar-refractivity contribution in [3.05, 3.63) is 29.8 Å². The summed E-state index contributed by atoms with van der Waals surface area (Å²) in [7, 11) is 0. The van der Waals surface area contributed by atoms with E-state index in [2.05, 4.69) is 5.43 Å². The van der Waals surface area contributed by atoms with Crippen molar-refractivity contribution in [2.24, 2.45) is 5.84 Å². The van der Waals surface area contributed by atoms with E-state index in [1.54, 1.807) is 0 Å². The van der Waals surface area contributed by atoms with Gasteiger partial charge < -0.3 is 17.6 Å². The number of halogens is 3. The molecule has 76 valence electrons. The maximum absolute atomic E-state index is 11.9. The van der Waals surface area contributed by atoms with Gasteiger partial charge in [-0.1, -0.05) is 0 Å². The zero-order chi connectivity index (χ0) is 9.19. The number of hydrogen-bond donors (Lipinski definition) is 2. The Morgan fingerprint density at radius 1 is 1.14 bits per heavy atom. The summed E-state index contributed by atoms with van der Waals surface area (Å²) in [5, 5.41) is 0. The van der Waals surface area contributed by atoms with Crippen LogP contribution in [0.3, 0.4) is 0 Å². The second-order valence-corrected chi connectivity index (χ2v) is 2.05. The molecular formula is C7H5F3N2Np2-2. The standard InChI is InChI=1S/C7H5F3N2.2Np/c8-7(9,10)5-1-3-6(12-11)4-2-5;;/h3-4,12H,11H2;;/q-2;;. The molecule has 1 rings (SSSR count). The molecule has 2 radical (unpaired) electrons. The van der Waals surface area contributed by atoms with Gasteiger partial charge in [0.2, 0.25) is 0 Å². The van der Waals surface area contributed by atoms with Gasteiger partial charge in [-0.2, -0.15) is 24.4 Å². The quantitative estimate of drug-likeness (QED) is 0.276. The van der Waals surface area contributed by atoms with Crippen LogP contribution in [0.2, 0.25) is 0 Å². The van der Waals surface area contributed by atoms with E-state index in [1.807, 2.05) is 12.1 Å². The van der Waals surface area contributed by atoms with Crippen molar-refractivity contribution >= 4 is 5.69 Å². The van der Waals surface area contributed by atoms with Crippen molar-refractivity contribution < 1.29 is 73.1 Å². The molecule has 0 amide bonds. The van der Waals surface area contributed by atoms with Crippen molar-refractivity contribution in [2.45, 2.75) is 6.18 Å². The SMILES string of the molecule is NNc1c[c-]c(C(F)(F)F)[c-]c1.[Np].[Np]. The third kappa shape index (κ3) is 5.04. The fraction of sp³-hybridized carbons (Fsp3) is 0.143. The molecule has 0 saturated carbocycles. The van der Waals surface area contributed by atoms with Gasteiger partial charge in [-0.15, -0.1) is 0 Å². The number of rotatable bonds is 1. The molecule has 0 fully saturated rings. The number of anilines is 1. The normalized spacial score (nSPS) is 9.71. The fourth-order valence-electron chi connectivity index (χ4n) is 0.630. The Hall–Kier alpha value is 0.796. The van der Waals surface area contributed by atoms with Gasteiger partial charge in [0.25, 0.3) is 0 Å². The molecule has 7 heteroatoms. The summed E-state index contributed by atoms with van der Waals surface area (Å²) in [6.45, 7) is 0. The van der Waals surface area contributed by atoms with Crippen molar-refractivity contribution in [1.82, 2.24) is 0 Å². The summed E-state index contributed by atoms with van der Waals surface area (Å²) in [4.78, 5) is 0. The molecule has 14 heavy (non-hydrogen) atoms. The zero-order valence-electron chi connectivity index (χ0n) is 6.76. The van der Waals surface area contributed by atoms with E-state index in [4.69, 9.17) is 5.84 Å². The van der Waals surface area contributed by atoms with Gasteiger partial charge in [0.15, 0.2) is 0 Å². The number of nitrogens with one attached hydrogen (secondary N) is 1. The van der Waals surface area contributed by atoms with Gasteiger partial charge >= 0.3 is 6.18 Å². The van der Waals surface area contributed by atoms with E-state index < -0.39 is 11.7 Å². The molecule has 2 nitrogen and oxygen atoms in total. The Bertz CT molecular complexity index is 261. The van der Waals surface area contributed by atoms with Crippen LogP contribution in [0, 0.1) is 72.0 Å². The molecule has 1 aromatic rings. The summed E-state index contributed by atoms with van der Waals surface area (Å²) in [5.41, 5.74) is 1.58. The molecular weight excluding hydrogens is 643 g/mol. The summed E-state index contributed by atoms with van der Waals surface area (Å²) in [6, 6.07) is 6.23. The van der Waals surface area contributed by atoms with Crippen LogP contribution in [-0.4, -0.2) is 0 Å². The van der Waals surface area contributed by atoms with Gasteiger partial charge in [-0.25, -0.2) is 0 Å². The average Bonchev–Trinajstić information content (AvgIpc) is 2.03. The van der Waals surface area contributed by atoms with Crippen molar-refractivity contribution in [2.75, 3.05) is 5.43 Å². The monoisotopic (exact) mass is 646 g/mol. The smallest absolute Gasteiger partial charge is 0.373 e.